The molecule has 1 amide bonds. The van der Waals surface area contributed by atoms with Crippen LogP contribution < -0.4 is 10.2 Å². The van der Waals surface area contributed by atoms with E-state index in [1.165, 1.54) is 11.0 Å². The molecule has 4 rings (SSSR count). The molecule has 0 atom stereocenters. The van der Waals surface area contributed by atoms with Gasteiger partial charge < -0.3 is 5.32 Å². The lowest BCUT2D eigenvalue weighted by atomic mass is 10.2. The number of rotatable bonds is 3. The summed E-state index contributed by atoms with van der Waals surface area (Å²) in [5.41, 5.74) is 3.01. The number of halogens is 3. The Balaban J connectivity index is 1.84. The Kier molecular flexibility index (Phi) is 4.79. The molecule has 2 aliphatic rings. The molecule has 1 N–H and O–H groups in total. The van der Waals surface area contributed by atoms with Crippen molar-refractivity contribution in [1.29, 1.82) is 0 Å². The number of aliphatic imine (C=N–C) groups is 1. The number of anilines is 2. The number of allylic oxidation sites excluding steroid dienone is 2. The zero-order chi connectivity index (χ0) is 19.0. The van der Waals surface area contributed by atoms with Crippen LogP contribution in [0.4, 0.5) is 11.4 Å². The van der Waals surface area contributed by atoms with Crippen molar-refractivity contribution in [1.82, 2.24) is 0 Å². The van der Waals surface area contributed by atoms with Gasteiger partial charge in [-0.3, -0.25) is 14.7 Å². The van der Waals surface area contributed by atoms with Crippen molar-refractivity contribution in [2.45, 2.75) is 0 Å². The predicted molar refractivity (Wildman–Crippen MR) is 112 cm³/mol. The van der Waals surface area contributed by atoms with E-state index in [4.69, 9.17) is 34.8 Å². The van der Waals surface area contributed by atoms with E-state index in [-0.39, 0.29) is 16.0 Å². The van der Waals surface area contributed by atoms with Crippen LogP contribution in [0.2, 0.25) is 15.1 Å². The maximum Gasteiger partial charge on any atom is 0.257 e. The molecule has 0 saturated carbocycles. The zero-order valence-corrected chi connectivity index (χ0v) is 16.1. The Morgan fingerprint density at radius 2 is 1.70 bits per heavy atom. The van der Waals surface area contributed by atoms with E-state index < -0.39 is 0 Å². The summed E-state index contributed by atoms with van der Waals surface area (Å²) in [7, 11) is 0. The largest absolute Gasteiger partial charge is 0.354 e. The van der Waals surface area contributed by atoms with Crippen LogP contribution in [-0.4, -0.2) is 12.1 Å². The number of carbonyl (C=O) groups excluding carboxylic acids is 1. The van der Waals surface area contributed by atoms with Crippen LogP contribution in [0.3, 0.4) is 0 Å². The lowest BCUT2D eigenvalue weighted by Gasteiger charge is -2.24. The Hall–Kier alpha value is -2.53. The van der Waals surface area contributed by atoms with Crippen LogP contribution in [0.25, 0.3) is 0 Å². The van der Waals surface area contributed by atoms with Crippen molar-refractivity contribution in [3.63, 3.8) is 0 Å². The normalized spacial score (nSPS) is 18.4. The third kappa shape index (κ3) is 3.39. The lowest BCUT2D eigenvalue weighted by molar-refractivity contribution is -0.113. The van der Waals surface area contributed by atoms with Crippen molar-refractivity contribution in [3.05, 3.63) is 92.9 Å². The summed E-state index contributed by atoms with van der Waals surface area (Å²) in [6.45, 7) is 0. The number of para-hydroxylation sites is 1. The van der Waals surface area contributed by atoms with Gasteiger partial charge in [-0.05, 0) is 36.4 Å². The maximum absolute atomic E-state index is 12.9. The van der Waals surface area contributed by atoms with Gasteiger partial charge in [-0.2, -0.15) is 0 Å². The Morgan fingerprint density at radius 1 is 1.00 bits per heavy atom. The van der Waals surface area contributed by atoms with Gasteiger partial charge in [-0.1, -0.05) is 53.0 Å². The predicted octanol–water partition coefficient (Wildman–Crippen LogP) is 5.84. The molecule has 0 spiro atoms. The fraction of sp³-hybridized carbons (Fsp3) is 0. The first-order valence-corrected chi connectivity index (χ1v) is 9.16. The van der Waals surface area contributed by atoms with E-state index in [2.05, 4.69) is 10.3 Å². The second-order valence-electron chi connectivity index (χ2n) is 5.81. The molecule has 0 unspecified atom stereocenters. The minimum absolute atomic E-state index is 0.277. The van der Waals surface area contributed by atoms with E-state index in [0.29, 0.717) is 27.8 Å². The smallest absolute Gasteiger partial charge is 0.257 e. The fourth-order valence-corrected chi connectivity index (χ4v) is 3.91. The summed E-state index contributed by atoms with van der Waals surface area (Å²) in [4.78, 5) is 18.7. The molecule has 4 nitrogen and oxygen atoms in total. The first kappa shape index (κ1) is 17.9. The molecule has 27 heavy (non-hydrogen) atoms. The monoisotopic (exact) mass is 415 g/mol. The van der Waals surface area contributed by atoms with Gasteiger partial charge in [-0.15, -0.1) is 0 Å². The first-order chi connectivity index (χ1) is 13.0. The van der Waals surface area contributed by atoms with Gasteiger partial charge in [0.15, 0.2) is 0 Å². The van der Waals surface area contributed by atoms with Crippen LogP contribution in [-0.2, 0) is 4.79 Å². The topological polar surface area (TPSA) is 44.7 Å². The summed E-state index contributed by atoms with van der Waals surface area (Å²) in [6, 6.07) is 12.7. The Labute approximate surface area is 171 Å². The highest BCUT2D eigenvalue weighted by Gasteiger charge is 2.34. The van der Waals surface area contributed by atoms with Crippen molar-refractivity contribution in [3.8, 4) is 0 Å². The van der Waals surface area contributed by atoms with Crippen molar-refractivity contribution < 1.29 is 4.79 Å². The standard InChI is InChI=1S/C20H12Cl3N3O/c21-12-9-14(22)19(15(23)10-12)26-18(27)11-17(20(26)16-7-4-8-24-16)25-13-5-2-1-3-6-13/h1-11,25H. The number of amides is 1. The summed E-state index contributed by atoms with van der Waals surface area (Å²) in [6.07, 6.45) is 6.78. The molecule has 2 aromatic rings. The lowest BCUT2D eigenvalue weighted by Crippen LogP contribution is -2.26. The van der Waals surface area contributed by atoms with E-state index >= 15 is 0 Å². The molecule has 2 aliphatic heterocycles. The van der Waals surface area contributed by atoms with Crippen molar-refractivity contribution >= 4 is 58.3 Å². The molecule has 0 saturated heterocycles. The highest BCUT2D eigenvalue weighted by atomic mass is 35.5. The first-order valence-electron chi connectivity index (χ1n) is 8.02. The van der Waals surface area contributed by atoms with Crippen molar-refractivity contribution in [2.75, 3.05) is 10.2 Å². The quantitative estimate of drug-likeness (QED) is 0.683. The van der Waals surface area contributed by atoms with Crippen LogP contribution in [0.1, 0.15) is 0 Å². The number of benzene rings is 2. The van der Waals surface area contributed by atoms with E-state index in [0.717, 1.165) is 5.69 Å². The summed E-state index contributed by atoms with van der Waals surface area (Å²) in [5, 5.41) is 4.22. The number of hydrogen-bond donors (Lipinski definition) is 1. The molecular formula is C20H12Cl3N3O. The van der Waals surface area contributed by atoms with Crippen LogP contribution in [0.5, 0.6) is 0 Å². The highest BCUT2D eigenvalue weighted by Crippen LogP contribution is 2.43. The second-order valence-corrected chi connectivity index (χ2v) is 7.06. The van der Waals surface area contributed by atoms with Gasteiger partial charge in [0.05, 0.1) is 32.8 Å². The summed E-state index contributed by atoms with van der Waals surface area (Å²) >= 11 is 18.8. The zero-order valence-electron chi connectivity index (χ0n) is 13.8. The molecule has 134 valence electrons. The third-order valence-corrected chi connectivity index (χ3v) is 4.82. The van der Waals surface area contributed by atoms with Crippen molar-refractivity contribution in [2.24, 2.45) is 4.99 Å². The molecule has 2 aromatic carbocycles. The molecule has 0 fully saturated rings. The van der Waals surface area contributed by atoms with Crippen LogP contribution in [0.15, 0.2) is 82.8 Å². The molecular weight excluding hydrogens is 405 g/mol. The number of hydrogen-bond acceptors (Lipinski definition) is 3. The minimum atomic E-state index is -0.280. The molecule has 0 bridgehead atoms. The summed E-state index contributed by atoms with van der Waals surface area (Å²) in [5.74, 6) is -0.280. The SMILES string of the molecule is O=C1C=C(Nc2ccccc2)C(=C2C=CC=N2)N1c1c(Cl)cc(Cl)cc1Cl. The van der Waals surface area contributed by atoms with Gasteiger partial charge >= 0.3 is 0 Å². The van der Waals surface area contributed by atoms with Gasteiger partial charge in [-0.25, -0.2) is 0 Å². The highest BCUT2D eigenvalue weighted by molar-refractivity contribution is 6.43. The third-order valence-electron chi connectivity index (χ3n) is 4.02. The fourth-order valence-electron chi connectivity index (χ4n) is 2.92. The van der Waals surface area contributed by atoms with Crippen LogP contribution in [0, 0.1) is 0 Å². The second kappa shape index (κ2) is 7.24. The van der Waals surface area contributed by atoms with Gasteiger partial charge in [0.25, 0.3) is 5.91 Å². The van der Waals surface area contributed by atoms with Crippen LogP contribution >= 0.6 is 34.8 Å². The molecule has 0 radical (unpaired) electrons. The van der Waals surface area contributed by atoms with E-state index in [1.54, 1.807) is 24.4 Å². The average Bonchev–Trinajstić information content (AvgIpc) is 3.24. The Morgan fingerprint density at radius 3 is 2.33 bits per heavy atom. The van der Waals surface area contributed by atoms with E-state index in [1.807, 2.05) is 36.4 Å². The maximum atomic E-state index is 12.9. The minimum Gasteiger partial charge on any atom is -0.354 e. The number of carbonyl (C=O) groups is 1. The molecule has 7 heteroatoms. The molecule has 0 aromatic heterocycles. The van der Waals surface area contributed by atoms with E-state index in [9.17, 15) is 4.79 Å². The number of nitrogens with one attached hydrogen (secondary N) is 1. The summed E-state index contributed by atoms with van der Waals surface area (Å²) < 4.78 is 0. The molecule has 0 aliphatic carbocycles. The number of nitrogens with zero attached hydrogens (tertiary/aromatic N) is 2. The van der Waals surface area contributed by atoms with Gasteiger partial charge in [0.1, 0.15) is 0 Å². The van der Waals surface area contributed by atoms with Gasteiger partial charge in [0, 0.05) is 23.0 Å². The Bertz CT molecular complexity index is 1020. The average molecular weight is 417 g/mol. The molecule has 2 heterocycles. The van der Waals surface area contributed by atoms with Gasteiger partial charge in [0.2, 0.25) is 0 Å².